The maximum absolute atomic E-state index is 9.93. The molecule has 3 rings (SSSR count). The zero-order chi connectivity index (χ0) is 17.1. The highest BCUT2D eigenvalue weighted by molar-refractivity contribution is 5.41. The lowest BCUT2D eigenvalue weighted by molar-refractivity contribution is 0.0761. The summed E-state index contributed by atoms with van der Waals surface area (Å²) in [6.45, 7) is 4.48. The van der Waals surface area contributed by atoms with E-state index in [0.717, 1.165) is 43.1 Å². The van der Waals surface area contributed by atoms with Crippen molar-refractivity contribution >= 4 is 0 Å². The number of rotatable bonds is 6. The van der Waals surface area contributed by atoms with Crippen molar-refractivity contribution in [2.24, 2.45) is 5.92 Å². The second kappa shape index (κ2) is 7.23. The molecule has 1 N–H and O–H groups in total. The smallest absolute Gasteiger partial charge is 0.160 e. The molecule has 0 amide bonds. The van der Waals surface area contributed by atoms with Gasteiger partial charge in [0.15, 0.2) is 11.5 Å². The molecule has 0 aliphatic carbocycles. The van der Waals surface area contributed by atoms with Crippen molar-refractivity contribution in [3.63, 3.8) is 0 Å². The largest absolute Gasteiger partial charge is 0.504 e. The van der Waals surface area contributed by atoms with Crippen LogP contribution in [-0.2, 0) is 17.7 Å². The number of likely N-dealkylation sites (tertiary alicyclic amines) is 1. The first-order valence-electron chi connectivity index (χ1n) is 8.12. The molecular weight excluding hydrogens is 308 g/mol. The predicted molar refractivity (Wildman–Crippen MR) is 89.2 cm³/mol. The quantitative estimate of drug-likeness (QED) is 0.876. The Morgan fingerprint density at radius 1 is 1.29 bits per heavy atom. The first kappa shape index (κ1) is 16.8. The molecule has 1 aromatic heterocycles. The van der Waals surface area contributed by atoms with Gasteiger partial charge in [0.2, 0.25) is 0 Å². The highest BCUT2D eigenvalue weighted by atomic mass is 16.5. The van der Waals surface area contributed by atoms with E-state index in [1.807, 2.05) is 19.1 Å². The summed E-state index contributed by atoms with van der Waals surface area (Å²) in [7, 11) is 3.31. The summed E-state index contributed by atoms with van der Waals surface area (Å²) in [5.41, 5.74) is 1.96. The lowest BCUT2D eigenvalue weighted by Crippen LogP contribution is -2.23. The van der Waals surface area contributed by atoms with Crippen LogP contribution in [0, 0.1) is 12.8 Å². The highest BCUT2D eigenvalue weighted by Crippen LogP contribution is 2.29. The van der Waals surface area contributed by atoms with Crippen LogP contribution in [0.3, 0.4) is 0 Å². The fourth-order valence-electron chi connectivity index (χ4n) is 3.38. The van der Waals surface area contributed by atoms with Crippen molar-refractivity contribution in [1.29, 1.82) is 0 Å². The van der Waals surface area contributed by atoms with Crippen molar-refractivity contribution < 1.29 is 19.1 Å². The topological polar surface area (TPSA) is 68.0 Å². The number of ether oxygens (including phenoxy) is 2. The normalized spacial score (nSPS) is 21.3. The average molecular weight is 332 g/mol. The molecule has 0 unspecified atom stereocenters. The molecule has 6 heteroatoms. The Bertz CT molecular complexity index is 685. The van der Waals surface area contributed by atoms with E-state index in [1.165, 1.54) is 0 Å². The van der Waals surface area contributed by atoms with Gasteiger partial charge < -0.3 is 19.1 Å². The van der Waals surface area contributed by atoms with Crippen LogP contribution in [-0.4, -0.2) is 48.6 Å². The Kier molecular flexibility index (Phi) is 5.06. The summed E-state index contributed by atoms with van der Waals surface area (Å²) in [4.78, 5) is 2.34. The van der Waals surface area contributed by atoms with Crippen molar-refractivity contribution in [3.05, 3.63) is 41.3 Å². The monoisotopic (exact) mass is 332 g/mol. The number of aromatic nitrogens is 1. The molecule has 1 aliphatic rings. The van der Waals surface area contributed by atoms with Gasteiger partial charge in [0.1, 0.15) is 5.76 Å². The number of aryl methyl sites for hydroxylation is 1. The van der Waals surface area contributed by atoms with Crippen molar-refractivity contribution in [2.45, 2.75) is 26.0 Å². The first-order chi connectivity index (χ1) is 11.6. The number of hydrogen-bond acceptors (Lipinski definition) is 6. The van der Waals surface area contributed by atoms with E-state index in [-0.39, 0.29) is 11.9 Å². The Morgan fingerprint density at radius 3 is 2.75 bits per heavy atom. The van der Waals surface area contributed by atoms with Gasteiger partial charge >= 0.3 is 0 Å². The molecule has 1 aromatic carbocycles. The lowest BCUT2D eigenvalue weighted by atomic mass is 10.0. The minimum Gasteiger partial charge on any atom is -0.504 e. The van der Waals surface area contributed by atoms with Crippen molar-refractivity contribution in [1.82, 2.24) is 10.1 Å². The van der Waals surface area contributed by atoms with Crippen molar-refractivity contribution in [3.8, 4) is 11.5 Å². The standard InChI is InChI=1S/C18H24N2O4/c1-12-6-15(24-19-12)8-14-10-20(11-18(14)23-3)9-13-4-5-17(22-2)16(21)7-13/h4-7,14,18,21H,8-11H2,1-3H3/t14-,18+/m1/s1. The van der Waals surface area contributed by atoms with E-state index in [1.54, 1.807) is 26.4 Å². The van der Waals surface area contributed by atoms with Crippen molar-refractivity contribution in [2.75, 3.05) is 27.3 Å². The Morgan fingerprint density at radius 2 is 2.12 bits per heavy atom. The zero-order valence-electron chi connectivity index (χ0n) is 14.4. The first-order valence-corrected chi connectivity index (χ1v) is 8.12. The van der Waals surface area contributed by atoms with Gasteiger partial charge in [-0.3, -0.25) is 4.90 Å². The summed E-state index contributed by atoms with van der Waals surface area (Å²) >= 11 is 0. The van der Waals surface area contributed by atoms with E-state index in [9.17, 15) is 5.11 Å². The Hall–Kier alpha value is -2.05. The van der Waals surface area contributed by atoms with E-state index in [2.05, 4.69) is 10.1 Å². The number of phenols is 1. The third-order valence-corrected chi connectivity index (χ3v) is 4.55. The molecule has 0 spiro atoms. The number of nitrogens with zero attached hydrogens (tertiary/aromatic N) is 2. The van der Waals surface area contributed by atoms with E-state index < -0.39 is 0 Å². The average Bonchev–Trinajstić information content (AvgIpc) is 3.14. The summed E-state index contributed by atoms with van der Waals surface area (Å²) in [5, 5.41) is 13.9. The Labute approximate surface area is 142 Å². The van der Waals surface area contributed by atoms with Crippen LogP contribution in [0.2, 0.25) is 0 Å². The molecule has 1 saturated heterocycles. The van der Waals surface area contributed by atoms with Crippen LogP contribution in [0.25, 0.3) is 0 Å². The van der Waals surface area contributed by atoms with Gasteiger partial charge in [-0.25, -0.2) is 0 Å². The molecule has 2 heterocycles. The number of methoxy groups -OCH3 is 2. The number of hydrogen-bond donors (Lipinski definition) is 1. The van der Waals surface area contributed by atoms with Gasteiger partial charge in [-0.1, -0.05) is 11.2 Å². The third kappa shape index (κ3) is 3.71. The Balaban J connectivity index is 1.64. The highest BCUT2D eigenvalue weighted by Gasteiger charge is 2.33. The maximum atomic E-state index is 9.93. The van der Waals surface area contributed by atoms with Crippen LogP contribution in [0.15, 0.2) is 28.8 Å². The molecule has 2 aromatic rings. The minimum atomic E-state index is 0.169. The molecule has 2 atom stereocenters. The third-order valence-electron chi connectivity index (χ3n) is 4.55. The van der Waals surface area contributed by atoms with Crippen LogP contribution < -0.4 is 4.74 Å². The van der Waals surface area contributed by atoms with E-state index in [4.69, 9.17) is 14.0 Å². The molecular formula is C18H24N2O4. The molecule has 0 saturated carbocycles. The summed E-state index contributed by atoms with van der Waals surface area (Å²) in [6.07, 6.45) is 0.992. The lowest BCUT2D eigenvalue weighted by Gasteiger charge is -2.16. The fourth-order valence-corrected chi connectivity index (χ4v) is 3.38. The fraction of sp³-hybridized carbons (Fsp3) is 0.500. The summed E-state index contributed by atoms with van der Waals surface area (Å²) in [5.74, 6) is 1.94. The van der Waals surface area contributed by atoms with Crippen LogP contribution in [0.4, 0.5) is 0 Å². The second-order valence-electron chi connectivity index (χ2n) is 6.37. The predicted octanol–water partition coefficient (Wildman–Crippen LogP) is 2.39. The van der Waals surface area contributed by atoms with Crippen LogP contribution in [0.1, 0.15) is 17.0 Å². The van der Waals surface area contributed by atoms with Gasteiger partial charge in [0.25, 0.3) is 0 Å². The SMILES string of the molecule is COc1ccc(CN2C[C@@H](Cc3cc(C)no3)[C@@H](OC)C2)cc1O. The maximum Gasteiger partial charge on any atom is 0.160 e. The van der Waals surface area contributed by atoms with E-state index in [0.29, 0.717) is 11.7 Å². The molecule has 130 valence electrons. The van der Waals surface area contributed by atoms with Gasteiger partial charge in [0, 0.05) is 45.1 Å². The summed E-state index contributed by atoms with van der Waals surface area (Å²) < 4.78 is 16.1. The summed E-state index contributed by atoms with van der Waals surface area (Å²) in [6, 6.07) is 7.52. The second-order valence-corrected chi connectivity index (χ2v) is 6.37. The number of phenolic OH excluding ortho intramolecular Hbond substituents is 1. The van der Waals surface area contributed by atoms with Gasteiger partial charge in [-0.15, -0.1) is 0 Å². The molecule has 0 bridgehead atoms. The number of benzene rings is 1. The molecule has 1 aliphatic heterocycles. The minimum absolute atomic E-state index is 0.169. The van der Waals surface area contributed by atoms with E-state index >= 15 is 0 Å². The number of aromatic hydroxyl groups is 1. The van der Waals surface area contributed by atoms with Gasteiger partial charge in [0.05, 0.1) is 18.9 Å². The molecule has 24 heavy (non-hydrogen) atoms. The molecule has 1 fully saturated rings. The van der Waals surface area contributed by atoms with Gasteiger partial charge in [-0.05, 0) is 24.6 Å². The van der Waals surface area contributed by atoms with Gasteiger partial charge in [-0.2, -0.15) is 0 Å². The molecule has 0 radical (unpaired) electrons. The van der Waals surface area contributed by atoms with Crippen LogP contribution in [0.5, 0.6) is 11.5 Å². The molecule has 6 nitrogen and oxygen atoms in total. The van der Waals surface area contributed by atoms with Crippen LogP contribution >= 0.6 is 0 Å². The zero-order valence-corrected chi connectivity index (χ0v) is 14.4.